The first-order chi connectivity index (χ1) is 8.99. The van der Waals surface area contributed by atoms with Crippen molar-refractivity contribution in [1.29, 1.82) is 5.26 Å². The third kappa shape index (κ3) is 3.68. The van der Waals surface area contributed by atoms with Gasteiger partial charge in [0.05, 0.1) is 24.0 Å². The molecule has 0 aliphatic carbocycles. The molecule has 0 aliphatic rings. The van der Waals surface area contributed by atoms with Crippen molar-refractivity contribution in [1.82, 2.24) is 0 Å². The van der Waals surface area contributed by atoms with Crippen LogP contribution in [0.4, 0.5) is 0 Å². The highest BCUT2D eigenvalue weighted by Gasteiger charge is 2.18. The van der Waals surface area contributed by atoms with Crippen LogP contribution < -0.4 is 4.74 Å². The zero-order valence-corrected chi connectivity index (χ0v) is 10.6. The van der Waals surface area contributed by atoms with Gasteiger partial charge in [0, 0.05) is 5.57 Å². The van der Waals surface area contributed by atoms with E-state index in [1.807, 2.05) is 0 Å². The van der Waals surface area contributed by atoms with Gasteiger partial charge >= 0.3 is 0 Å². The lowest BCUT2D eigenvalue weighted by Crippen LogP contribution is -2.04. The number of nitrogens with zero attached hydrogens (tertiary/aromatic N) is 2. The Morgan fingerprint density at radius 3 is 2.47 bits per heavy atom. The molecule has 19 heavy (non-hydrogen) atoms. The summed E-state index contributed by atoms with van der Waals surface area (Å²) in [5.41, 5.74) is 0.765. The van der Waals surface area contributed by atoms with Crippen LogP contribution in [0.1, 0.15) is 17.9 Å². The maximum absolute atomic E-state index is 10.6. The standard InChI is InChI=1S/C14H14N2O3/c1-10(11(2)16(17)18)8-13(9-15)12-4-6-14(19-3)7-5-12/h4-7,13H,1-2,8H2,3H3. The molecule has 1 aromatic rings. The zero-order chi connectivity index (χ0) is 14.4. The Hall–Kier alpha value is -2.61. The van der Waals surface area contributed by atoms with Crippen LogP contribution >= 0.6 is 0 Å². The van der Waals surface area contributed by atoms with Gasteiger partial charge in [0.1, 0.15) is 5.75 Å². The Labute approximate surface area is 111 Å². The van der Waals surface area contributed by atoms with Crippen LogP contribution in [0.15, 0.2) is 48.7 Å². The number of hydrogen-bond donors (Lipinski definition) is 0. The van der Waals surface area contributed by atoms with Crippen LogP contribution in [-0.2, 0) is 0 Å². The fourth-order valence-electron chi connectivity index (χ4n) is 1.57. The molecule has 0 bridgehead atoms. The van der Waals surface area contributed by atoms with Crippen molar-refractivity contribution in [2.24, 2.45) is 0 Å². The number of nitro groups is 1. The average Bonchev–Trinajstić information content (AvgIpc) is 2.43. The van der Waals surface area contributed by atoms with Gasteiger partial charge in [0.2, 0.25) is 0 Å². The van der Waals surface area contributed by atoms with Crippen molar-refractivity contribution in [2.75, 3.05) is 7.11 Å². The minimum atomic E-state index is -0.592. The first-order valence-corrected chi connectivity index (χ1v) is 5.54. The van der Waals surface area contributed by atoms with Gasteiger partial charge in [-0.15, -0.1) is 0 Å². The van der Waals surface area contributed by atoms with E-state index in [-0.39, 0.29) is 17.7 Å². The number of hydrogen-bond acceptors (Lipinski definition) is 4. The molecule has 0 saturated carbocycles. The highest BCUT2D eigenvalue weighted by atomic mass is 16.6. The lowest BCUT2D eigenvalue weighted by Gasteiger charge is -2.10. The number of ether oxygens (including phenoxy) is 1. The fourth-order valence-corrected chi connectivity index (χ4v) is 1.57. The summed E-state index contributed by atoms with van der Waals surface area (Å²) in [7, 11) is 1.56. The molecule has 0 N–H and O–H groups in total. The Morgan fingerprint density at radius 1 is 1.47 bits per heavy atom. The molecule has 0 amide bonds. The van der Waals surface area contributed by atoms with Crippen LogP contribution in [-0.4, -0.2) is 12.0 Å². The van der Waals surface area contributed by atoms with Gasteiger partial charge in [-0.1, -0.05) is 18.7 Å². The summed E-state index contributed by atoms with van der Waals surface area (Å²) in [6.45, 7) is 6.94. The molecule has 0 aromatic heterocycles. The van der Waals surface area contributed by atoms with Crippen LogP contribution in [0.3, 0.4) is 0 Å². The number of rotatable bonds is 6. The topological polar surface area (TPSA) is 76.2 Å². The minimum absolute atomic E-state index is 0.183. The summed E-state index contributed by atoms with van der Waals surface area (Å²) in [6, 6.07) is 9.11. The summed E-state index contributed by atoms with van der Waals surface area (Å²) in [5, 5.41) is 19.7. The van der Waals surface area contributed by atoms with Crippen molar-refractivity contribution in [3.8, 4) is 11.8 Å². The molecule has 0 spiro atoms. The molecule has 5 heteroatoms. The fraction of sp³-hybridized carbons (Fsp3) is 0.214. The quantitative estimate of drug-likeness (QED) is 0.446. The molecule has 0 saturated heterocycles. The molecule has 0 aliphatic heterocycles. The van der Waals surface area contributed by atoms with E-state index in [2.05, 4.69) is 19.2 Å². The number of nitriles is 1. The number of allylic oxidation sites excluding steroid dienone is 1. The lowest BCUT2D eigenvalue weighted by atomic mass is 9.93. The minimum Gasteiger partial charge on any atom is -0.497 e. The van der Waals surface area contributed by atoms with Crippen molar-refractivity contribution in [3.05, 3.63) is 64.4 Å². The van der Waals surface area contributed by atoms with Gasteiger partial charge < -0.3 is 4.74 Å². The average molecular weight is 258 g/mol. The molecule has 0 heterocycles. The Bertz CT molecular complexity index is 541. The predicted octanol–water partition coefficient (Wildman–Crippen LogP) is 3.04. The van der Waals surface area contributed by atoms with Crippen molar-refractivity contribution in [3.63, 3.8) is 0 Å². The Morgan fingerprint density at radius 2 is 2.05 bits per heavy atom. The molecule has 5 nitrogen and oxygen atoms in total. The summed E-state index contributed by atoms with van der Waals surface area (Å²) >= 11 is 0. The van der Waals surface area contributed by atoms with Crippen molar-refractivity contribution >= 4 is 0 Å². The third-order valence-electron chi connectivity index (χ3n) is 2.75. The third-order valence-corrected chi connectivity index (χ3v) is 2.75. The van der Waals surface area contributed by atoms with Crippen LogP contribution in [0.5, 0.6) is 5.75 Å². The first kappa shape index (κ1) is 14.5. The molecule has 0 fully saturated rings. The second-order valence-electron chi connectivity index (χ2n) is 3.97. The van der Waals surface area contributed by atoms with Crippen LogP contribution in [0.25, 0.3) is 0 Å². The van der Waals surface area contributed by atoms with Gasteiger partial charge in [-0.2, -0.15) is 5.26 Å². The first-order valence-electron chi connectivity index (χ1n) is 5.54. The van der Waals surface area contributed by atoms with Crippen molar-refractivity contribution < 1.29 is 9.66 Å². The molecule has 1 rings (SSSR count). The molecule has 0 radical (unpaired) electrons. The van der Waals surface area contributed by atoms with Gasteiger partial charge in [-0.25, -0.2) is 0 Å². The van der Waals surface area contributed by atoms with Gasteiger partial charge in [0.15, 0.2) is 0 Å². The van der Waals surface area contributed by atoms with Crippen LogP contribution in [0, 0.1) is 21.4 Å². The van der Waals surface area contributed by atoms with E-state index < -0.39 is 10.8 Å². The van der Waals surface area contributed by atoms with Gasteiger partial charge in [-0.3, -0.25) is 10.1 Å². The SMILES string of the molecule is C=C(CC(C#N)c1ccc(OC)cc1)C(=C)[N+](=O)[O-]. The largest absolute Gasteiger partial charge is 0.497 e. The second-order valence-corrected chi connectivity index (χ2v) is 3.97. The summed E-state index contributed by atoms with van der Waals surface area (Å²) in [5.74, 6) is 0.198. The molecule has 1 aromatic carbocycles. The molecule has 1 unspecified atom stereocenters. The molecule has 1 atom stereocenters. The van der Waals surface area contributed by atoms with Crippen LogP contribution in [0.2, 0.25) is 0 Å². The smallest absolute Gasteiger partial charge is 0.264 e. The van der Waals surface area contributed by atoms with E-state index in [1.165, 1.54) is 0 Å². The highest BCUT2D eigenvalue weighted by Crippen LogP contribution is 2.26. The van der Waals surface area contributed by atoms with E-state index in [9.17, 15) is 10.1 Å². The van der Waals surface area contributed by atoms with E-state index in [0.29, 0.717) is 5.75 Å². The predicted molar refractivity (Wildman–Crippen MR) is 71.2 cm³/mol. The van der Waals surface area contributed by atoms with E-state index in [0.717, 1.165) is 5.56 Å². The maximum Gasteiger partial charge on any atom is 0.264 e. The molecular formula is C14H14N2O3. The number of methoxy groups -OCH3 is 1. The number of benzene rings is 1. The second kappa shape index (κ2) is 6.36. The Balaban J connectivity index is 2.84. The summed E-state index contributed by atoms with van der Waals surface area (Å²) < 4.78 is 5.03. The zero-order valence-electron chi connectivity index (χ0n) is 10.6. The van der Waals surface area contributed by atoms with E-state index in [1.54, 1.807) is 31.4 Å². The molecule has 98 valence electrons. The molecular weight excluding hydrogens is 244 g/mol. The van der Waals surface area contributed by atoms with Gasteiger partial charge in [-0.05, 0) is 30.7 Å². The normalized spacial score (nSPS) is 11.2. The van der Waals surface area contributed by atoms with Gasteiger partial charge in [0.25, 0.3) is 5.70 Å². The summed E-state index contributed by atoms with van der Waals surface area (Å²) in [4.78, 5) is 9.98. The van der Waals surface area contributed by atoms with Crippen molar-refractivity contribution in [2.45, 2.75) is 12.3 Å². The monoisotopic (exact) mass is 258 g/mol. The lowest BCUT2D eigenvalue weighted by molar-refractivity contribution is -0.420. The van der Waals surface area contributed by atoms with E-state index in [4.69, 9.17) is 10.00 Å². The maximum atomic E-state index is 10.6. The van der Waals surface area contributed by atoms with E-state index >= 15 is 0 Å². The summed E-state index contributed by atoms with van der Waals surface area (Å²) in [6.07, 6.45) is 0.183. The highest BCUT2D eigenvalue weighted by molar-refractivity contribution is 5.34. The Kier molecular flexibility index (Phi) is 4.84.